The van der Waals surface area contributed by atoms with Crippen molar-refractivity contribution in [2.45, 2.75) is 73.8 Å². The molecule has 0 saturated heterocycles. The van der Waals surface area contributed by atoms with E-state index in [9.17, 15) is 9.59 Å². The van der Waals surface area contributed by atoms with E-state index in [1.807, 2.05) is 64.1 Å². The minimum absolute atomic E-state index is 0.00170. The van der Waals surface area contributed by atoms with Crippen LogP contribution in [0.25, 0.3) is 0 Å². The minimum atomic E-state index is -0.457. The topological polar surface area (TPSA) is 76.7 Å². The molecule has 0 aliphatic heterocycles. The number of hydrogen-bond acceptors (Lipinski definition) is 4. The fraction of sp³-hybridized carbons (Fsp3) is 0.500. The molecule has 2 atom stereocenters. The zero-order valence-electron chi connectivity index (χ0n) is 21.5. The number of rotatable bonds is 5. The van der Waals surface area contributed by atoms with Crippen molar-refractivity contribution in [1.29, 1.82) is 0 Å². The SMILES string of the molecule is Cc1cccc(C)c1OC(=O)NCC1(C)CC(NC(=O)Oc2c(C)cccc2C)CC(C)(C)C1. The Balaban J connectivity index is 1.62. The molecule has 3 rings (SSSR count). The lowest BCUT2D eigenvalue weighted by atomic mass is 9.62. The Morgan fingerprint density at radius 3 is 1.79 bits per heavy atom. The van der Waals surface area contributed by atoms with E-state index >= 15 is 0 Å². The van der Waals surface area contributed by atoms with Crippen LogP contribution in [0.1, 0.15) is 62.3 Å². The van der Waals surface area contributed by atoms with Crippen molar-refractivity contribution in [3.05, 3.63) is 58.7 Å². The molecular weight excluding hydrogens is 428 g/mol. The smallest absolute Gasteiger partial charge is 0.410 e. The van der Waals surface area contributed by atoms with Crippen LogP contribution >= 0.6 is 0 Å². The van der Waals surface area contributed by atoms with Gasteiger partial charge in [0, 0.05) is 12.6 Å². The third-order valence-electron chi connectivity index (χ3n) is 6.63. The first-order chi connectivity index (χ1) is 15.9. The average molecular weight is 467 g/mol. The summed E-state index contributed by atoms with van der Waals surface area (Å²) in [6.07, 6.45) is 1.61. The lowest BCUT2D eigenvalue weighted by molar-refractivity contribution is 0.0701. The first kappa shape index (κ1) is 25.6. The van der Waals surface area contributed by atoms with Crippen molar-refractivity contribution in [1.82, 2.24) is 10.6 Å². The lowest BCUT2D eigenvalue weighted by Gasteiger charge is -2.46. The predicted molar refractivity (Wildman–Crippen MR) is 135 cm³/mol. The molecule has 1 fully saturated rings. The maximum atomic E-state index is 12.7. The molecule has 2 N–H and O–H groups in total. The van der Waals surface area contributed by atoms with Crippen molar-refractivity contribution in [3.63, 3.8) is 0 Å². The standard InChI is InChI=1S/C28H38N2O4/c1-18-10-8-11-19(2)23(18)33-25(31)29-17-28(7)15-22(14-27(5,6)16-28)30-26(32)34-24-20(3)12-9-13-21(24)4/h8-13,22H,14-17H2,1-7H3,(H,29,31)(H,30,32). The van der Waals surface area contributed by atoms with Crippen LogP contribution in [0.15, 0.2) is 36.4 Å². The molecule has 0 bridgehead atoms. The van der Waals surface area contributed by atoms with Gasteiger partial charge in [0.2, 0.25) is 0 Å². The van der Waals surface area contributed by atoms with Crippen LogP contribution in [0.2, 0.25) is 0 Å². The molecule has 2 aromatic carbocycles. The Labute approximate surface area is 203 Å². The summed E-state index contributed by atoms with van der Waals surface area (Å²) in [6.45, 7) is 14.7. The zero-order valence-corrected chi connectivity index (χ0v) is 21.5. The summed E-state index contributed by atoms with van der Waals surface area (Å²) in [5.74, 6) is 1.21. The zero-order chi connectivity index (χ0) is 25.1. The van der Waals surface area contributed by atoms with Gasteiger partial charge in [0.15, 0.2) is 0 Å². The monoisotopic (exact) mass is 466 g/mol. The third kappa shape index (κ3) is 6.52. The number of ether oxygens (including phenoxy) is 2. The van der Waals surface area contributed by atoms with E-state index in [1.54, 1.807) is 0 Å². The van der Waals surface area contributed by atoms with Gasteiger partial charge in [0.25, 0.3) is 0 Å². The van der Waals surface area contributed by atoms with Crippen LogP contribution in [0.5, 0.6) is 11.5 Å². The molecule has 1 saturated carbocycles. The molecule has 1 aliphatic carbocycles. The summed E-state index contributed by atoms with van der Waals surface area (Å²) in [7, 11) is 0. The molecule has 0 radical (unpaired) electrons. The van der Waals surface area contributed by atoms with Gasteiger partial charge in [-0.3, -0.25) is 0 Å². The molecule has 0 heterocycles. The van der Waals surface area contributed by atoms with E-state index in [0.29, 0.717) is 18.0 Å². The van der Waals surface area contributed by atoms with E-state index < -0.39 is 12.2 Å². The largest absolute Gasteiger partial charge is 0.412 e. The second-order valence-corrected chi connectivity index (χ2v) is 11.0. The van der Waals surface area contributed by atoms with Crippen LogP contribution < -0.4 is 20.1 Å². The van der Waals surface area contributed by atoms with Crippen molar-refractivity contribution in [2.75, 3.05) is 6.54 Å². The molecule has 0 aromatic heterocycles. The van der Waals surface area contributed by atoms with Gasteiger partial charge in [-0.2, -0.15) is 0 Å². The number of carbonyl (C=O) groups excluding carboxylic acids is 2. The number of para-hydroxylation sites is 2. The Kier molecular flexibility index (Phi) is 7.59. The van der Waals surface area contributed by atoms with Gasteiger partial charge in [0.05, 0.1) is 0 Å². The molecule has 1 aliphatic rings. The molecule has 2 aromatic rings. The number of hydrogen-bond donors (Lipinski definition) is 2. The Hall–Kier alpha value is -3.02. The lowest BCUT2D eigenvalue weighted by Crippen LogP contribution is -2.51. The van der Waals surface area contributed by atoms with Crippen molar-refractivity contribution < 1.29 is 19.1 Å². The van der Waals surface area contributed by atoms with Crippen molar-refractivity contribution in [3.8, 4) is 11.5 Å². The first-order valence-corrected chi connectivity index (χ1v) is 11.9. The maximum Gasteiger partial charge on any atom is 0.412 e. The minimum Gasteiger partial charge on any atom is -0.410 e. The molecule has 6 heteroatoms. The number of amides is 2. The molecule has 2 unspecified atom stereocenters. The Bertz CT molecular complexity index is 1020. The van der Waals surface area contributed by atoms with Gasteiger partial charge in [-0.1, -0.05) is 57.2 Å². The van der Waals surface area contributed by atoms with Crippen molar-refractivity contribution in [2.24, 2.45) is 10.8 Å². The summed E-state index contributed by atoms with van der Waals surface area (Å²) in [5.41, 5.74) is 3.50. The highest BCUT2D eigenvalue weighted by molar-refractivity contribution is 5.72. The van der Waals surface area contributed by atoms with Gasteiger partial charge in [0.1, 0.15) is 11.5 Å². The summed E-state index contributed by atoms with van der Waals surface area (Å²) < 4.78 is 11.3. The highest BCUT2D eigenvalue weighted by Crippen LogP contribution is 2.45. The van der Waals surface area contributed by atoms with Crippen LogP contribution in [0.3, 0.4) is 0 Å². The molecule has 2 amide bonds. The molecular formula is C28H38N2O4. The van der Waals surface area contributed by atoms with Crippen LogP contribution in [-0.4, -0.2) is 24.8 Å². The number of carbonyl (C=O) groups is 2. The Morgan fingerprint density at radius 1 is 0.824 bits per heavy atom. The second-order valence-electron chi connectivity index (χ2n) is 11.0. The maximum absolute atomic E-state index is 12.7. The van der Waals surface area contributed by atoms with E-state index in [-0.39, 0.29) is 16.9 Å². The molecule has 34 heavy (non-hydrogen) atoms. The van der Waals surface area contributed by atoms with Gasteiger partial charge < -0.3 is 20.1 Å². The van der Waals surface area contributed by atoms with Gasteiger partial charge in [-0.25, -0.2) is 9.59 Å². The summed E-state index contributed by atoms with van der Waals surface area (Å²) in [4.78, 5) is 25.3. The van der Waals surface area contributed by atoms with E-state index in [1.165, 1.54) is 0 Å². The van der Waals surface area contributed by atoms with Crippen LogP contribution in [-0.2, 0) is 0 Å². The molecule has 6 nitrogen and oxygen atoms in total. The predicted octanol–water partition coefficient (Wildman–Crippen LogP) is 6.38. The van der Waals surface area contributed by atoms with Gasteiger partial charge in [-0.05, 0) is 80.0 Å². The number of benzene rings is 2. The highest BCUT2D eigenvalue weighted by Gasteiger charge is 2.42. The van der Waals surface area contributed by atoms with E-state index in [0.717, 1.165) is 41.5 Å². The fourth-order valence-corrected chi connectivity index (χ4v) is 5.49. The summed E-state index contributed by atoms with van der Waals surface area (Å²) >= 11 is 0. The van der Waals surface area contributed by atoms with E-state index in [4.69, 9.17) is 9.47 Å². The first-order valence-electron chi connectivity index (χ1n) is 11.9. The summed E-state index contributed by atoms with van der Waals surface area (Å²) in [6, 6.07) is 11.5. The highest BCUT2D eigenvalue weighted by atomic mass is 16.6. The van der Waals surface area contributed by atoms with E-state index in [2.05, 4.69) is 31.4 Å². The molecule has 184 valence electrons. The Morgan fingerprint density at radius 2 is 1.29 bits per heavy atom. The van der Waals surface area contributed by atoms with Crippen LogP contribution in [0, 0.1) is 38.5 Å². The van der Waals surface area contributed by atoms with Gasteiger partial charge in [-0.15, -0.1) is 0 Å². The fourth-order valence-electron chi connectivity index (χ4n) is 5.49. The van der Waals surface area contributed by atoms with Crippen LogP contribution in [0.4, 0.5) is 9.59 Å². The third-order valence-corrected chi connectivity index (χ3v) is 6.63. The number of nitrogens with one attached hydrogen (secondary N) is 2. The van der Waals surface area contributed by atoms with Crippen molar-refractivity contribution >= 4 is 12.2 Å². The quantitative estimate of drug-likeness (QED) is 0.536. The summed E-state index contributed by atoms with van der Waals surface area (Å²) in [5, 5.41) is 6.03. The second kappa shape index (κ2) is 10.1. The average Bonchev–Trinajstić information content (AvgIpc) is 2.71. The number of aryl methyl sites for hydroxylation is 4. The molecule has 0 spiro atoms. The van der Waals surface area contributed by atoms with Gasteiger partial charge >= 0.3 is 12.2 Å². The normalized spacial score (nSPS) is 21.4.